The zero-order valence-electron chi connectivity index (χ0n) is 11.8. The molecule has 0 aliphatic heterocycles. The zero-order chi connectivity index (χ0) is 15.4. The number of hydrogen-bond acceptors (Lipinski definition) is 2. The molecule has 0 unspecified atom stereocenters. The molecule has 2 nitrogen and oxygen atoms in total. The summed E-state index contributed by atoms with van der Waals surface area (Å²) in [6.07, 6.45) is 0. The van der Waals surface area contributed by atoms with Crippen molar-refractivity contribution in [1.82, 2.24) is 5.32 Å². The first-order chi connectivity index (χ1) is 9.95. The van der Waals surface area contributed by atoms with Crippen molar-refractivity contribution in [3.8, 4) is 11.5 Å². The van der Waals surface area contributed by atoms with Crippen LogP contribution in [0.25, 0.3) is 0 Å². The molecule has 0 fully saturated rings. The number of halogens is 3. The van der Waals surface area contributed by atoms with E-state index in [-0.39, 0.29) is 5.82 Å². The number of nitrogens with one attached hydrogen (secondary N) is 1. The molecule has 0 amide bonds. The van der Waals surface area contributed by atoms with Gasteiger partial charge in [0, 0.05) is 23.2 Å². The Kier molecular flexibility index (Phi) is 5.62. The normalized spacial score (nSPS) is 11.0. The van der Waals surface area contributed by atoms with E-state index < -0.39 is 0 Å². The SMILES string of the molecule is CC(C)NCc1cc(Cl)ccc1Oc1ccc(F)cc1Br. The third-order valence-electron chi connectivity index (χ3n) is 2.84. The van der Waals surface area contributed by atoms with E-state index in [0.717, 1.165) is 5.56 Å². The highest BCUT2D eigenvalue weighted by Gasteiger charge is 2.09. The van der Waals surface area contributed by atoms with E-state index in [9.17, 15) is 4.39 Å². The maximum atomic E-state index is 13.1. The Morgan fingerprint density at radius 2 is 1.90 bits per heavy atom. The van der Waals surface area contributed by atoms with Crippen LogP contribution in [0.5, 0.6) is 11.5 Å². The van der Waals surface area contributed by atoms with Crippen molar-refractivity contribution in [3.63, 3.8) is 0 Å². The Morgan fingerprint density at radius 3 is 2.57 bits per heavy atom. The molecular weight excluding hydrogens is 357 g/mol. The largest absolute Gasteiger partial charge is 0.456 e. The molecule has 0 radical (unpaired) electrons. The van der Waals surface area contributed by atoms with Crippen LogP contribution in [-0.2, 0) is 6.54 Å². The van der Waals surface area contributed by atoms with Crippen LogP contribution in [0.2, 0.25) is 5.02 Å². The van der Waals surface area contributed by atoms with E-state index in [2.05, 4.69) is 35.1 Å². The van der Waals surface area contributed by atoms with E-state index in [0.29, 0.717) is 33.6 Å². The summed E-state index contributed by atoms with van der Waals surface area (Å²) < 4.78 is 19.6. The lowest BCUT2D eigenvalue weighted by Gasteiger charge is -2.14. The van der Waals surface area contributed by atoms with Crippen LogP contribution in [0.3, 0.4) is 0 Å². The molecule has 0 atom stereocenters. The number of benzene rings is 2. The highest BCUT2D eigenvalue weighted by atomic mass is 79.9. The molecule has 0 bridgehead atoms. The fourth-order valence-corrected chi connectivity index (χ4v) is 2.40. The van der Waals surface area contributed by atoms with E-state index in [1.54, 1.807) is 12.1 Å². The summed E-state index contributed by atoms with van der Waals surface area (Å²) in [5, 5.41) is 3.98. The molecule has 0 aliphatic carbocycles. The minimum absolute atomic E-state index is 0.313. The summed E-state index contributed by atoms with van der Waals surface area (Å²) in [7, 11) is 0. The van der Waals surface area contributed by atoms with Crippen molar-refractivity contribution in [2.75, 3.05) is 0 Å². The second kappa shape index (κ2) is 7.25. The number of hydrogen-bond donors (Lipinski definition) is 1. The van der Waals surface area contributed by atoms with E-state index in [1.807, 2.05) is 12.1 Å². The van der Waals surface area contributed by atoms with Gasteiger partial charge in [-0.15, -0.1) is 0 Å². The van der Waals surface area contributed by atoms with Crippen LogP contribution < -0.4 is 10.1 Å². The monoisotopic (exact) mass is 371 g/mol. The molecule has 0 spiro atoms. The van der Waals surface area contributed by atoms with Gasteiger partial charge < -0.3 is 10.1 Å². The second-order valence-corrected chi connectivity index (χ2v) is 6.26. The summed E-state index contributed by atoms with van der Waals surface area (Å²) in [6.45, 7) is 4.79. The van der Waals surface area contributed by atoms with Gasteiger partial charge in [0.15, 0.2) is 0 Å². The molecular formula is C16H16BrClFNO. The third-order valence-corrected chi connectivity index (χ3v) is 3.69. The third kappa shape index (κ3) is 4.70. The average molecular weight is 373 g/mol. The van der Waals surface area contributed by atoms with Crippen molar-refractivity contribution < 1.29 is 9.13 Å². The Morgan fingerprint density at radius 1 is 1.19 bits per heavy atom. The average Bonchev–Trinajstić information content (AvgIpc) is 2.41. The molecule has 0 aliphatic rings. The van der Waals surface area contributed by atoms with Gasteiger partial charge in [0.1, 0.15) is 17.3 Å². The molecule has 1 N–H and O–H groups in total. The summed E-state index contributed by atoms with van der Waals surface area (Å²) >= 11 is 9.34. The highest BCUT2D eigenvalue weighted by Crippen LogP contribution is 2.33. The van der Waals surface area contributed by atoms with Crippen molar-refractivity contribution in [1.29, 1.82) is 0 Å². The summed E-state index contributed by atoms with van der Waals surface area (Å²) in [4.78, 5) is 0. The lowest BCUT2D eigenvalue weighted by molar-refractivity contribution is 0.465. The molecule has 2 rings (SSSR count). The van der Waals surface area contributed by atoms with Crippen LogP contribution in [0.1, 0.15) is 19.4 Å². The first kappa shape index (κ1) is 16.3. The van der Waals surface area contributed by atoms with Crippen LogP contribution in [0.4, 0.5) is 4.39 Å². The van der Waals surface area contributed by atoms with Crippen LogP contribution in [-0.4, -0.2) is 6.04 Å². The van der Waals surface area contributed by atoms with Crippen LogP contribution in [0.15, 0.2) is 40.9 Å². The molecule has 5 heteroatoms. The maximum Gasteiger partial charge on any atom is 0.141 e. The fourth-order valence-electron chi connectivity index (χ4n) is 1.78. The Hall–Kier alpha value is -1.10. The predicted molar refractivity (Wildman–Crippen MR) is 87.6 cm³/mol. The van der Waals surface area contributed by atoms with Gasteiger partial charge in [-0.3, -0.25) is 0 Å². The molecule has 2 aromatic carbocycles. The first-order valence-corrected chi connectivity index (χ1v) is 7.77. The lowest BCUT2D eigenvalue weighted by Crippen LogP contribution is -2.22. The van der Waals surface area contributed by atoms with Crippen LogP contribution in [0, 0.1) is 5.82 Å². The second-order valence-electron chi connectivity index (χ2n) is 4.96. The van der Waals surface area contributed by atoms with Crippen molar-refractivity contribution in [2.45, 2.75) is 26.4 Å². The molecule has 0 saturated carbocycles. The topological polar surface area (TPSA) is 21.3 Å². The molecule has 2 aromatic rings. The first-order valence-electron chi connectivity index (χ1n) is 6.60. The lowest BCUT2D eigenvalue weighted by atomic mass is 10.2. The van der Waals surface area contributed by atoms with Crippen molar-refractivity contribution >= 4 is 27.5 Å². The standard InChI is InChI=1S/C16H16BrClFNO/c1-10(2)20-9-11-7-12(18)3-5-15(11)21-16-6-4-13(19)8-14(16)17/h3-8,10,20H,9H2,1-2H3. The smallest absolute Gasteiger partial charge is 0.141 e. The van der Waals surface area contributed by atoms with Gasteiger partial charge in [-0.2, -0.15) is 0 Å². The molecule has 0 heterocycles. The van der Waals surface area contributed by atoms with Gasteiger partial charge in [-0.25, -0.2) is 4.39 Å². The van der Waals surface area contributed by atoms with E-state index in [4.69, 9.17) is 16.3 Å². The molecule has 21 heavy (non-hydrogen) atoms. The molecule has 0 aromatic heterocycles. The predicted octanol–water partition coefficient (Wildman–Crippen LogP) is 5.53. The molecule has 0 saturated heterocycles. The summed E-state index contributed by atoms with van der Waals surface area (Å²) in [5.41, 5.74) is 0.951. The summed E-state index contributed by atoms with van der Waals surface area (Å²) in [6, 6.07) is 10.1. The van der Waals surface area contributed by atoms with Crippen molar-refractivity contribution in [2.24, 2.45) is 0 Å². The minimum Gasteiger partial charge on any atom is -0.456 e. The van der Waals surface area contributed by atoms with Crippen molar-refractivity contribution in [3.05, 3.63) is 57.3 Å². The van der Waals surface area contributed by atoms with Crippen LogP contribution >= 0.6 is 27.5 Å². The van der Waals surface area contributed by atoms with E-state index >= 15 is 0 Å². The van der Waals surface area contributed by atoms with Gasteiger partial charge in [0.05, 0.1) is 4.47 Å². The van der Waals surface area contributed by atoms with Gasteiger partial charge in [-0.1, -0.05) is 25.4 Å². The van der Waals surface area contributed by atoms with Gasteiger partial charge in [0.2, 0.25) is 0 Å². The van der Waals surface area contributed by atoms with Gasteiger partial charge in [-0.05, 0) is 52.3 Å². The van der Waals surface area contributed by atoms with Gasteiger partial charge >= 0.3 is 0 Å². The number of rotatable bonds is 5. The molecule has 112 valence electrons. The zero-order valence-corrected chi connectivity index (χ0v) is 14.1. The fraction of sp³-hybridized carbons (Fsp3) is 0.250. The number of ether oxygens (including phenoxy) is 1. The highest BCUT2D eigenvalue weighted by molar-refractivity contribution is 9.10. The minimum atomic E-state index is -0.313. The Labute approximate surface area is 137 Å². The Balaban J connectivity index is 2.26. The maximum absolute atomic E-state index is 13.1. The summed E-state index contributed by atoms with van der Waals surface area (Å²) in [5.74, 6) is 0.941. The van der Waals surface area contributed by atoms with E-state index in [1.165, 1.54) is 12.1 Å². The quantitative estimate of drug-likeness (QED) is 0.745. The van der Waals surface area contributed by atoms with Gasteiger partial charge in [0.25, 0.3) is 0 Å². The Bertz CT molecular complexity index is 634.